The minimum Gasteiger partial charge on any atom is -0.481 e. The smallest absolute Gasteiger partial charge is 0.321 e. The summed E-state index contributed by atoms with van der Waals surface area (Å²) in [6.45, 7) is 0.138. The number of hydrogen-bond acceptors (Lipinski definition) is 2. The second-order valence-corrected chi connectivity index (χ2v) is 4.91. The van der Waals surface area contributed by atoms with Gasteiger partial charge in [0.25, 0.3) is 0 Å². The maximum atomic E-state index is 11.7. The van der Waals surface area contributed by atoms with Gasteiger partial charge in [0, 0.05) is 23.1 Å². The molecule has 0 spiro atoms. The average molecular weight is 336 g/mol. The summed E-state index contributed by atoms with van der Waals surface area (Å²) in [4.78, 5) is 23.4. The van der Waals surface area contributed by atoms with E-state index in [4.69, 9.17) is 16.7 Å². The second-order valence-electron chi connectivity index (χ2n) is 3.62. The molecule has 7 heteroatoms. The van der Waals surface area contributed by atoms with Crippen LogP contribution in [0, 0.1) is 0 Å². The molecule has 1 aromatic carbocycles. The van der Waals surface area contributed by atoms with Crippen molar-refractivity contribution < 1.29 is 14.7 Å². The molecule has 1 rings (SSSR count). The Bertz CT molecular complexity index is 468. The van der Waals surface area contributed by atoms with E-state index in [0.717, 1.165) is 0 Å². The largest absolute Gasteiger partial charge is 0.481 e. The van der Waals surface area contributed by atoms with Crippen LogP contribution in [0.1, 0.15) is 6.42 Å². The van der Waals surface area contributed by atoms with Gasteiger partial charge in [-0.1, -0.05) is 11.6 Å². The maximum Gasteiger partial charge on any atom is 0.321 e. The number of nitrogens with zero attached hydrogens (tertiary/aromatic N) is 1. The Balaban J connectivity index is 2.63. The molecule has 0 aliphatic rings. The summed E-state index contributed by atoms with van der Waals surface area (Å²) in [7, 11) is 1.52. The Kier molecular flexibility index (Phi) is 5.43. The van der Waals surface area contributed by atoms with Crippen molar-refractivity contribution in [3.05, 3.63) is 27.7 Å². The molecule has 0 aliphatic heterocycles. The molecule has 0 fully saturated rings. The van der Waals surface area contributed by atoms with Gasteiger partial charge in [-0.05, 0) is 34.1 Å². The number of carbonyl (C=O) groups excluding carboxylic acids is 1. The van der Waals surface area contributed by atoms with E-state index >= 15 is 0 Å². The number of benzene rings is 1. The predicted molar refractivity (Wildman–Crippen MR) is 73.1 cm³/mol. The summed E-state index contributed by atoms with van der Waals surface area (Å²) in [5, 5.41) is 11.7. The van der Waals surface area contributed by atoms with Crippen LogP contribution in [0.2, 0.25) is 5.02 Å². The van der Waals surface area contributed by atoms with Gasteiger partial charge in [0.05, 0.1) is 12.1 Å². The highest BCUT2D eigenvalue weighted by atomic mass is 79.9. The number of carbonyl (C=O) groups is 2. The van der Waals surface area contributed by atoms with E-state index in [1.165, 1.54) is 11.9 Å². The molecule has 0 bridgehead atoms. The van der Waals surface area contributed by atoms with Gasteiger partial charge < -0.3 is 15.3 Å². The van der Waals surface area contributed by atoms with E-state index in [9.17, 15) is 9.59 Å². The first-order chi connectivity index (χ1) is 8.40. The van der Waals surface area contributed by atoms with Gasteiger partial charge in [-0.3, -0.25) is 4.79 Å². The number of amides is 2. The van der Waals surface area contributed by atoms with Gasteiger partial charge in [0.1, 0.15) is 0 Å². The van der Waals surface area contributed by atoms with Gasteiger partial charge in [0.2, 0.25) is 0 Å². The fraction of sp³-hybridized carbons (Fsp3) is 0.273. The third kappa shape index (κ3) is 4.54. The first-order valence-electron chi connectivity index (χ1n) is 5.09. The molecule has 0 radical (unpaired) electrons. The number of anilines is 1. The topological polar surface area (TPSA) is 69.6 Å². The SMILES string of the molecule is CN(CCC(=O)O)C(=O)Nc1cc(Cl)ccc1Br. The molecule has 0 saturated heterocycles. The van der Waals surface area contributed by atoms with E-state index in [1.807, 2.05) is 0 Å². The van der Waals surface area contributed by atoms with Gasteiger partial charge in [-0.15, -0.1) is 0 Å². The van der Waals surface area contributed by atoms with Crippen molar-refractivity contribution in [1.82, 2.24) is 4.90 Å². The molecule has 2 amide bonds. The molecule has 18 heavy (non-hydrogen) atoms. The van der Waals surface area contributed by atoms with Crippen LogP contribution in [0.15, 0.2) is 22.7 Å². The van der Waals surface area contributed by atoms with Crippen LogP contribution in [0.4, 0.5) is 10.5 Å². The van der Waals surface area contributed by atoms with Gasteiger partial charge >= 0.3 is 12.0 Å². The Morgan fingerprint density at radius 1 is 1.50 bits per heavy atom. The first-order valence-corrected chi connectivity index (χ1v) is 6.26. The van der Waals surface area contributed by atoms with E-state index in [-0.39, 0.29) is 19.0 Å². The minimum atomic E-state index is -0.946. The Morgan fingerprint density at radius 2 is 2.17 bits per heavy atom. The zero-order chi connectivity index (χ0) is 13.7. The van der Waals surface area contributed by atoms with Crippen molar-refractivity contribution in [2.24, 2.45) is 0 Å². The molecular weight excluding hydrogens is 323 g/mol. The van der Waals surface area contributed by atoms with Crippen LogP contribution in [0.3, 0.4) is 0 Å². The number of aliphatic carboxylic acids is 1. The molecule has 0 saturated carbocycles. The van der Waals surface area contributed by atoms with Crippen LogP contribution in [-0.2, 0) is 4.79 Å². The number of carboxylic acid groups (broad SMARTS) is 1. The molecule has 0 atom stereocenters. The quantitative estimate of drug-likeness (QED) is 0.888. The molecule has 0 unspecified atom stereocenters. The summed E-state index contributed by atoms with van der Waals surface area (Å²) in [6, 6.07) is 4.62. The summed E-state index contributed by atoms with van der Waals surface area (Å²) in [5.41, 5.74) is 0.537. The number of rotatable bonds is 4. The summed E-state index contributed by atoms with van der Waals surface area (Å²) in [5.74, 6) is -0.946. The molecule has 1 aromatic rings. The molecular formula is C11H12BrClN2O3. The highest BCUT2D eigenvalue weighted by Crippen LogP contribution is 2.26. The summed E-state index contributed by atoms with van der Waals surface area (Å²) >= 11 is 9.10. The van der Waals surface area contributed by atoms with Gasteiger partial charge in [0.15, 0.2) is 0 Å². The molecule has 0 aromatic heterocycles. The molecule has 5 nitrogen and oxygen atoms in total. The Morgan fingerprint density at radius 3 is 2.78 bits per heavy atom. The molecule has 2 N–H and O–H groups in total. The maximum absolute atomic E-state index is 11.7. The van der Waals surface area contributed by atoms with Gasteiger partial charge in [-0.2, -0.15) is 0 Å². The zero-order valence-corrected chi connectivity index (χ0v) is 12.0. The fourth-order valence-electron chi connectivity index (χ4n) is 1.17. The van der Waals surface area contributed by atoms with Crippen molar-refractivity contribution in [3.63, 3.8) is 0 Å². The van der Waals surface area contributed by atoms with Crippen molar-refractivity contribution in [1.29, 1.82) is 0 Å². The van der Waals surface area contributed by atoms with Crippen LogP contribution in [-0.4, -0.2) is 35.6 Å². The number of halogens is 2. The van der Waals surface area contributed by atoms with Crippen molar-refractivity contribution in [3.8, 4) is 0 Å². The van der Waals surface area contributed by atoms with E-state index in [1.54, 1.807) is 18.2 Å². The first kappa shape index (κ1) is 14.8. The molecule has 0 aliphatic carbocycles. The average Bonchev–Trinajstić information content (AvgIpc) is 2.30. The van der Waals surface area contributed by atoms with E-state index in [0.29, 0.717) is 15.2 Å². The number of nitrogens with one attached hydrogen (secondary N) is 1. The minimum absolute atomic E-state index is 0.0966. The lowest BCUT2D eigenvalue weighted by atomic mass is 10.3. The zero-order valence-electron chi connectivity index (χ0n) is 9.61. The molecule has 98 valence electrons. The van der Waals surface area contributed by atoms with E-state index < -0.39 is 5.97 Å². The van der Waals surface area contributed by atoms with Crippen LogP contribution < -0.4 is 5.32 Å². The van der Waals surface area contributed by atoms with Crippen LogP contribution >= 0.6 is 27.5 Å². The third-order valence-electron chi connectivity index (χ3n) is 2.18. The fourth-order valence-corrected chi connectivity index (χ4v) is 1.69. The van der Waals surface area contributed by atoms with Crippen molar-refractivity contribution in [2.45, 2.75) is 6.42 Å². The van der Waals surface area contributed by atoms with Gasteiger partial charge in [-0.25, -0.2) is 4.79 Å². The highest BCUT2D eigenvalue weighted by molar-refractivity contribution is 9.10. The molecule has 0 heterocycles. The predicted octanol–water partition coefficient (Wildman–Crippen LogP) is 3.04. The normalized spacial score (nSPS) is 9.94. The lowest BCUT2D eigenvalue weighted by Crippen LogP contribution is -2.33. The second kappa shape index (κ2) is 6.61. The summed E-state index contributed by atoms with van der Waals surface area (Å²) in [6.07, 6.45) is -0.0966. The number of urea groups is 1. The van der Waals surface area contributed by atoms with E-state index in [2.05, 4.69) is 21.2 Å². The standard InChI is InChI=1S/C11H12BrClN2O3/c1-15(5-4-10(16)17)11(18)14-9-6-7(13)2-3-8(9)12/h2-3,6H,4-5H2,1H3,(H,14,18)(H,16,17). The third-order valence-corrected chi connectivity index (χ3v) is 3.10. The lowest BCUT2D eigenvalue weighted by Gasteiger charge is -2.17. The Hall–Kier alpha value is -1.27. The van der Waals surface area contributed by atoms with Crippen LogP contribution in [0.5, 0.6) is 0 Å². The summed E-state index contributed by atoms with van der Waals surface area (Å²) < 4.78 is 0.701. The van der Waals surface area contributed by atoms with Crippen molar-refractivity contribution >= 4 is 45.2 Å². The van der Waals surface area contributed by atoms with Crippen LogP contribution in [0.25, 0.3) is 0 Å². The number of hydrogen-bond donors (Lipinski definition) is 2. The Labute approximate surface area is 118 Å². The lowest BCUT2D eigenvalue weighted by molar-refractivity contribution is -0.137. The van der Waals surface area contributed by atoms with Crippen molar-refractivity contribution in [2.75, 3.05) is 18.9 Å². The number of carboxylic acids is 1. The highest BCUT2D eigenvalue weighted by Gasteiger charge is 2.12. The monoisotopic (exact) mass is 334 g/mol.